The molecule has 10 nitrogen and oxygen atoms in total. The zero-order chi connectivity index (χ0) is 39.3. The highest BCUT2D eigenvalue weighted by molar-refractivity contribution is 9.10. The predicted octanol–water partition coefficient (Wildman–Crippen LogP) is 6.34. The molecular weight excluding hydrogens is 760 g/mol. The van der Waals surface area contributed by atoms with E-state index in [1.54, 1.807) is 26.2 Å². The summed E-state index contributed by atoms with van der Waals surface area (Å²) in [6.07, 6.45) is 6.58. The van der Waals surface area contributed by atoms with E-state index < -0.39 is 12.1 Å². The number of aromatic nitrogens is 2. The maximum absolute atomic E-state index is 13.1. The quantitative estimate of drug-likeness (QED) is 0.0910. The fraction of sp³-hybridized carbons (Fsp3) is 0.273. The first-order chi connectivity index (χ1) is 26.7. The van der Waals surface area contributed by atoms with Crippen LogP contribution in [0.25, 0.3) is 11.1 Å². The minimum absolute atomic E-state index is 0.00151. The summed E-state index contributed by atoms with van der Waals surface area (Å²) in [5.41, 5.74) is 5.77. The van der Waals surface area contributed by atoms with E-state index in [0.717, 1.165) is 37.9 Å². The van der Waals surface area contributed by atoms with Crippen molar-refractivity contribution in [2.24, 2.45) is 0 Å². The van der Waals surface area contributed by atoms with E-state index >= 15 is 0 Å². The van der Waals surface area contributed by atoms with E-state index in [2.05, 4.69) is 36.5 Å². The Bertz CT molecular complexity index is 1950. The molecule has 0 amide bonds. The Morgan fingerprint density at radius 3 is 1.51 bits per heavy atom. The number of esters is 2. The van der Waals surface area contributed by atoms with Crippen molar-refractivity contribution in [2.75, 3.05) is 26.3 Å². The zero-order valence-corrected chi connectivity index (χ0v) is 32.7. The molecule has 11 heteroatoms. The number of nitrogens with zero attached hydrogens (tertiary/aromatic N) is 2. The summed E-state index contributed by atoms with van der Waals surface area (Å²) < 4.78 is 10.9. The minimum Gasteiger partial charge on any atom is -0.465 e. The first kappa shape index (κ1) is 42.4. The Morgan fingerprint density at radius 2 is 1.04 bits per heavy atom. The number of Topliss-reactive ketones (excluding diaryl/α,β-unsaturated/α-hetero) is 2. The van der Waals surface area contributed by atoms with Gasteiger partial charge < -0.3 is 9.47 Å². The summed E-state index contributed by atoms with van der Waals surface area (Å²) in [6, 6.07) is 34.1. The molecule has 0 spiro atoms. The number of ketones is 2. The van der Waals surface area contributed by atoms with Gasteiger partial charge >= 0.3 is 11.9 Å². The van der Waals surface area contributed by atoms with E-state index in [9.17, 15) is 19.2 Å². The third-order valence-corrected chi connectivity index (χ3v) is 8.90. The van der Waals surface area contributed by atoms with Crippen LogP contribution in [0.1, 0.15) is 36.1 Å². The zero-order valence-electron chi connectivity index (χ0n) is 31.2. The summed E-state index contributed by atoms with van der Waals surface area (Å²) in [5.74, 6) is -0.652. The van der Waals surface area contributed by atoms with Crippen LogP contribution in [-0.4, -0.2) is 71.9 Å². The molecular formula is C44H47BrN4O6. The maximum atomic E-state index is 13.1. The van der Waals surface area contributed by atoms with E-state index in [-0.39, 0.29) is 43.0 Å². The van der Waals surface area contributed by atoms with E-state index in [0.29, 0.717) is 32.5 Å². The molecule has 55 heavy (non-hydrogen) atoms. The van der Waals surface area contributed by atoms with Gasteiger partial charge in [-0.2, -0.15) is 0 Å². The van der Waals surface area contributed by atoms with Gasteiger partial charge in [-0.05, 0) is 66.6 Å². The molecule has 4 aromatic carbocycles. The smallest absolute Gasteiger partial charge is 0.319 e. The molecule has 0 aliphatic heterocycles. The first-order valence-corrected chi connectivity index (χ1v) is 19.0. The summed E-state index contributed by atoms with van der Waals surface area (Å²) in [7, 11) is 0. The van der Waals surface area contributed by atoms with Crippen molar-refractivity contribution in [1.29, 1.82) is 0 Å². The van der Waals surface area contributed by atoms with Crippen molar-refractivity contribution in [3.63, 3.8) is 0 Å². The van der Waals surface area contributed by atoms with Crippen molar-refractivity contribution < 1.29 is 28.7 Å². The predicted molar refractivity (Wildman–Crippen MR) is 216 cm³/mol. The molecule has 5 aromatic rings. The van der Waals surface area contributed by atoms with Gasteiger partial charge in [0.1, 0.15) is 6.33 Å². The highest BCUT2D eigenvalue weighted by Crippen LogP contribution is 2.20. The summed E-state index contributed by atoms with van der Waals surface area (Å²) >= 11 is 3.42. The number of rotatable bonds is 19. The number of halogens is 1. The third-order valence-electron chi connectivity index (χ3n) is 8.41. The van der Waals surface area contributed by atoms with Crippen LogP contribution in [0.4, 0.5) is 0 Å². The Morgan fingerprint density at radius 1 is 0.582 bits per heavy atom. The normalized spacial score (nSPS) is 11.7. The van der Waals surface area contributed by atoms with Gasteiger partial charge in [0.05, 0.1) is 38.4 Å². The Hall–Kier alpha value is -5.36. The summed E-state index contributed by atoms with van der Waals surface area (Å²) in [4.78, 5) is 57.4. The molecule has 0 fully saturated rings. The standard InChI is InChI=1S/C24H25N3O3.C20H22BrNO3/c1-2-30-24(29)16-27-22(12-18-7-4-3-5-8-18)23(28)13-19-9-6-10-20(11-19)21-14-25-17-26-15-21;1-2-25-20(24)14-22-18(12-15-7-4-3-5-8-15)19(23)13-16-9-6-10-17(21)11-16/h3-11,14-15,17,22,27H,2,12-13,16H2,1H3;3-11,18,22H,2,12-14H2,1H3/t22-;18-/m00/s1. The van der Waals surface area contributed by atoms with E-state index in [1.807, 2.05) is 109 Å². The molecule has 0 aliphatic carbocycles. The summed E-state index contributed by atoms with van der Waals surface area (Å²) in [6.45, 7) is 4.19. The highest BCUT2D eigenvalue weighted by atomic mass is 79.9. The Kier molecular flexibility index (Phi) is 18.1. The lowest BCUT2D eigenvalue weighted by Crippen LogP contribution is -2.42. The molecule has 0 saturated carbocycles. The van der Waals surface area contributed by atoms with Gasteiger partial charge in [-0.15, -0.1) is 0 Å². The second-order valence-electron chi connectivity index (χ2n) is 12.6. The second-order valence-corrected chi connectivity index (χ2v) is 13.5. The number of hydrogen-bond donors (Lipinski definition) is 2. The molecule has 0 aliphatic rings. The Balaban J connectivity index is 0.000000249. The van der Waals surface area contributed by atoms with Gasteiger partial charge in [-0.1, -0.05) is 113 Å². The first-order valence-electron chi connectivity index (χ1n) is 18.2. The lowest BCUT2D eigenvalue weighted by Gasteiger charge is -2.18. The van der Waals surface area contributed by atoms with Crippen LogP contribution in [-0.2, 0) is 54.3 Å². The van der Waals surface area contributed by atoms with Crippen LogP contribution in [0.2, 0.25) is 0 Å². The van der Waals surface area contributed by atoms with Crippen molar-refractivity contribution >= 4 is 39.4 Å². The number of hydrogen-bond acceptors (Lipinski definition) is 10. The van der Waals surface area contributed by atoms with Crippen LogP contribution in [0.3, 0.4) is 0 Å². The van der Waals surface area contributed by atoms with Crippen LogP contribution in [0.15, 0.2) is 132 Å². The van der Waals surface area contributed by atoms with Gasteiger partial charge in [0.25, 0.3) is 0 Å². The molecule has 286 valence electrons. The van der Waals surface area contributed by atoms with Crippen LogP contribution in [0.5, 0.6) is 0 Å². The van der Waals surface area contributed by atoms with E-state index in [4.69, 9.17) is 9.47 Å². The highest BCUT2D eigenvalue weighted by Gasteiger charge is 2.22. The van der Waals surface area contributed by atoms with Crippen molar-refractivity contribution in [2.45, 2.75) is 51.6 Å². The SMILES string of the molecule is CCOC(=O)CN[C@@H](Cc1ccccc1)C(=O)Cc1cccc(-c2cncnc2)c1.CCOC(=O)CN[C@@H](Cc1ccccc1)C(=O)Cc1cccc(Br)c1. The Labute approximate surface area is 331 Å². The monoisotopic (exact) mass is 806 g/mol. The topological polar surface area (TPSA) is 137 Å². The van der Waals surface area contributed by atoms with Crippen LogP contribution >= 0.6 is 15.9 Å². The minimum atomic E-state index is -0.486. The number of nitrogens with one attached hydrogen (secondary N) is 2. The second kappa shape index (κ2) is 23.4. The number of carbonyl (C=O) groups is 4. The molecule has 0 saturated heterocycles. The summed E-state index contributed by atoms with van der Waals surface area (Å²) in [5, 5.41) is 6.13. The lowest BCUT2D eigenvalue weighted by molar-refractivity contribution is -0.143. The van der Waals surface area contributed by atoms with Crippen molar-refractivity contribution in [3.05, 3.63) is 155 Å². The largest absolute Gasteiger partial charge is 0.465 e. The molecule has 2 atom stereocenters. The van der Waals surface area contributed by atoms with Gasteiger partial charge in [0.15, 0.2) is 11.6 Å². The average Bonchev–Trinajstić information content (AvgIpc) is 3.19. The average molecular weight is 808 g/mol. The van der Waals surface area contributed by atoms with Gasteiger partial charge in [-0.3, -0.25) is 29.8 Å². The fourth-order valence-electron chi connectivity index (χ4n) is 5.74. The van der Waals surface area contributed by atoms with Crippen molar-refractivity contribution in [1.82, 2.24) is 20.6 Å². The van der Waals surface area contributed by atoms with Crippen LogP contribution < -0.4 is 10.6 Å². The molecule has 1 aromatic heterocycles. The molecule has 0 bridgehead atoms. The molecule has 0 radical (unpaired) electrons. The number of carbonyl (C=O) groups excluding carboxylic acids is 4. The molecule has 5 rings (SSSR count). The van der Waals surface area contributed by atoms with E-state index in [1.165, 1.54) is 6.33 Å². The van der Waals surface area contributed by atoms with Crippen LogP contribution in [0, 0.1) is 0 Å². The maximum Gasteiger partial charge on any atom is 0.319 e. The number of benzene rings is 4. The molecule has 0 unspecified atom stereocenters. The lowest BCUT2D eigenvalue weighted by atomic mass is 9.96. The molecule has 2 N–H and O–H groups in total. The molecule has 1 heterocycles. The van der Waals surface area contributed by atoms with Gasteiger partial charge in [-0.25, -0.2) is 9.97 Å². The third kappa shape index (κ3) is 15.5. The van der Waals surface area contributed by atoms with Crippen molar-refractivity contribution in [3.8, 4) is 11.1 Å². The number of ether oxygens (including phenoxy) is 2. The van der Waals surface area contributed by atoms with Gasteiger partial charge in [0, 0.05) is 35.3 Å². The van der Waals surface area contributed by atoms with Gasteiger partial charge in [0.2, 0.25) is 0 Å². The fourth-order valence-corrected chi connectivity index (χ4v) is 6.19.